The zero-order chi connectivity index (χ0) is 13.9. The molecule has 1 aromatic carbocycles. The Balaban J connectivity index is 1.90. The van der Waals surface area contributed by atoms with Gasteiger partial charge in [0.25, 0.3) is 5.88 Å². The van der Waals surface area contributed by atoms with Crippen molar-refractivity contribution in [3.63, 3.8) is 0 Å². The predicted molar refractivity (Wildman–Crippen MR) is 76.4 cm³/mol. The molecule has 1 saturated carbocycles. The lowest BCUT2D eigenvalue weighted by Gasteiger charge is -2.15. The Hall–Kier alpha value is -1.81. The number of benzene rings is 1. The van der Waals surface area contributed by atoms with Crippen molar-refractivity contribution in [3.05, 3.63) is 41.0 Å². The monoisotopic (exact) mass is 290 g/mol. The van der Waals surface area contributed by atoms with Crippen LogP contribution in [0.1, 0.15) is 37.2 Å². The van der Waals surface area contributed by atoms with Gasteiger partial charge in [-0.15, -0.1) is 10.2 Å². The SMILES string of the molecule is Oc1cc(Cl)nnc1Oc1ccccc1C1CCCC1. The molecule has 0 aliphatic heterocycles. The Morgan fingerprint density at radius 1 is 1.15 bits per heavy atom. The van der Waals surface area contributed by atoms with Crippen molar-refractivity contribution in [2.24, 2.45) is 0 Å². The summed E-state index contributed by atoms with van der Waals surface area (Å²) in [5.74, 6) is 1.23. The van der Waals surface area contributed by atoms with E-state index < -0.39 is 0 Å². The van der Waals surface area contributed by atoms with Crippen molar-refractivity contribution in [1.82, 2.24) is 10.2 Å². The van der Waals surface area contributed by atoms with E-state index in [1.54, 1.807) is 0 Å². The van der Waals surface area contributed by atoms with Crippen LogP contribution < -0.4 is 4.74 Å². The Morgan fingerprint density at radius 2 is 1.90 bits per heavy atom. The minimum Gasteiger partial charge on any atom is -0.503 e. The van der Waals surface area contributed by atoms with Gasteiger partial charge in [0.05, 0.1) is 0 Å². The van der Waals surface area contributed by atoms with Crippen LogP contribution in [0.4, 0.5) is 0 Å². The number of rotatable bonds is 3. The Labute approximate surface area is 122 Å². The fraction of sp³-hybridized carbons (Fsp3) is 0.333. The molecule has 0 spiro atoms. The van der Waals surface area contributed by atoms with Gasteiger partial charge in [-0.25, -0.2) is 0 Å². The summed E-state index contributed by atoms with van der Waals surface area (Å²) >= 11 is 5.67. The summed E-state index contributed by atoms with van der Waals surface area (Å²) in [4.78, 5) is 0. The van der Waals surface area contributed by atoms with Crippen molar-refractivity contribution < 1.29 is 9.84 Å². The van der Waals surface area contributed by atoms with Gasteiger partial charge in [0.2, 0.25) is 0 Å². The highest BCUT2D eigenvalue weighted by atomic mass is 35.5. The zero-order valence-corrected chi connectivity index (χ0v) is 11.7. The van der Waals surface area contributed by atoms with E-state index >= 15 is 0 Å². The van der Waals surface area contributed by atoms with Crippen LogP contribution in [0.2, 0.25) is 5.15 Å². The van der Waals surface area contributed by atoms with Crippen LogP contribution in [0.15, 0.2) is 30.3 Å². The molecule has 1 aliphatic carbocycles. The van der Waals surface area contributed by atoms with Gasteiger partial charge in [-0.05, 0) is 30.4 Å². The van der Waals surface area contributed by atoms with E-state index in [1.807, 2.05) is 18.2 Å². The molecule has 104 valence electrons. The van der Waals surface area contributed by atoms with E-state index in [9.17, 15) is 5.11 Å². The molecule has 2 aromatic rings. The molecule has 1 heterocycles. The molecule has 5 heteroatoms. The van der Waals surface area contributed by atoms with E-state index in [2.05, 4.69) is 16.3 Å². The molecule has 1 fully saturated rings. The second-order valence-electron chi connectivity index (χ2n) is 4.98. The first-order chi connectivity index (χ1) is 9.74. The fourth-order valence-corrected chi connectivity index (χ4v) is 2.81. The van der Waals surface area contributed by atoms with Crippen LogP contribution in [-0.2, 0) is 0 Å². The minimum atomic E-state index is -0.105. The number of ether oxygens (including phenoxy) is 1. The number of hydrogen-bond acceptors (Lipinski definition) is 4. The van der Waals surface area contributed by atoms with Gasteiger partial charge < -0.3 is 9.84 Å². The summed E-state index contributed by atoms with van der Waals surface area (Å²) < 4.78 is 5.73. The van der Waals surface area contributed by atoms with Crippen LogP contribution in [0.3, 0.4) is 0 Å². The van der Waals surface area contributed by atoms with Gasteiger partial charge in [-0.3, -0.25) is 0 Å². The average Bonchev–Trinajstić information content (AvgIpc) is 2.96. The van der Waals surface area contributed by atoms with Crippen LogP contribution in [0.5, 0.6) is 17.4 Å². The van der Waals surface area contributed by atoms with Gasteiger partial charge in [0.1, 0.15) is 5.75 Å². The molecule has 0 saturated heterocycles. The van der Waals surface area contributed by atoms with Crippen molar-refractivity contribution in [2.75, 3.05) is 0 Å². The topological polar surface area (TPSA) is 55.2 Å². The first-order valence-corrected chi connectivity index (χ1v) is 7.11. The molecule has 3 rings (SSSR count). The van der Waals surface area contributed by atoms with E-state index in [0.29, 0.717) is 5.92 Å². The van der Waals surface area contributed by atoms with Gasteiger partial charge in [-0.1, -0.05) is 42.6 Å². The summed E-state index contributed by atoms with van der Waals surface area (Å²) in [6.45, 7) is 0. The second-order valence-corrected chi connectivity index (χ2v) is 5.37. The molecule has 0 radical (unpaired) electrons. The summed E-state index contributed by atoms with van der Waals surface area (Å²) in [7, 11) is 0. The second kappa shape index (κ2) is 5.67. The van der Waals surface area contributed by atoms with E-state index in [0.717, 1.165) is 5.75 Å². The van der Waals surface area contributed by atoms with Crippen molar-refractivity contribution in [1.29, 1.82) is 0 Å². The maximum atomic E-state index is 9.80. The highest BCUT2D eigenvalue weighted by molar-refractivity contribution is 6.29. The minimum absolute atomic E-state index is 0.0832. The molecule has 20 heavy (non-hydrogen) atoms. The molecule has 1 aromatic heterocycles. The molecule has 1 N–H and O–H groups in total. The number of hydrogen-bond donors (Lipinski definition) is 1. The number of para-hydroxylation sites is 1. The summed E-state index contributed by atoms with van der Waals surface area (Å²) in [5.41, 5.74) is 1.17. The quantitative estimate of drug-likeness (QED) is 0.916. The zero-order valence-electron chi connectivity index (χ0n) is 10.9. The third-order valence-electron chi connectivity index (χ3n) is 3.63. The normalized spacial score (nSPS) is 15.4. The van der Waals surface area contributed by atoms with Crippen LogP contribution >= 0.6 is 11.6 Å². The number of halogens is 1. The fourth-order valence-electron chi connectivity index (χ4n) is 2.67. The molecule has 0 atom stereocenters. The lowest BCUT2D eigenvalue weighted by molar-refractivity contribution is 0.387. The van der Waals surface area contributed by atoms with Crippen LogP contribution in [0.25, 0.3) is 0 Å². The highest BCUT2D eigenvalue weighted by Gasteiger charge is 2.21. The lowest BCUT2D eigenvalue weighted by Crippen LogP contribution is -1.98. The van der Waals surface area contributed by atoms with Crippen LogP contribution in [-0.4, -0.2) is 15.3 Å². The molecular weight excluding hydrogens is 276 g/mol. The number of nitrogens with zero attached hydrogens (tertiary/aromatic N) is 2. The van der Waals surface area contributed by atoms with Crippen molar-refractivity contribution in [3.8, 4) is 17.4 Å². The standard InChI is InChI=1S/C15H15ClN2O2/c16-14-9-12(19)15(18-17-14)20-13-8-4-3-7-11(13)10-5-1-2-6-10/h3-4,7-10H,1-2,5-6H2,(H,17,19). The third-order valence-corrected chi connectivity index (χ3v) is 3.82. The summed E-state index contributed by atoms with van der Waals surface area (Å²) in [5, 5.41) is 17.4. The molecule has 4 nitrogen and oxygen atoms in total. The van der Waals surface area contributed by atoms with Gasteiger partial charge >= 0.3 is 0 Å². The van der Waals surface area contributed by atoms with Gasteiger partial charge in [0, 0.05) is 6.07 Å². The first-order valence-electron chi connectivity index (χ1n) is 6.73. The number of aromatic nitrogens is 2. The Kier molecular flexibility index (Phi) is 3.74. The third kappa shape index (κ3) is 2.70. The lowest BCUT2D eigenvalue weighted by atomic mass is 9.97. The highest BCUT2D eigenvalue weighted by Crippen LogP contribution is 2.40. The van der Waals surface area contributed by atoms with E-state index in [1.165, 1.54) is 37.3 Å². The maximum Gasteiger partial charge on any atom is 0.281 e. The van der Waals surface area contributed by atoms with E-state index in [-0.39, 0.29) is 16.8 Å². The summed E-state index contributed by atoms with van der Waals surface area (Å²) in [6, 6.07) is 9.21. The Morgan fingerprint density at radius 3 is 2.65 bits per heavy atom. The van der Waals surface area contributed by atoms with Gasteiger partial charge in [0.15, 0.2) is 10.9 Å². The molecule has 0 unspecified atom stereocenters. The van der Waals surface area contributed by atoms with Crippen LogP contribution in [0, 0.1) is 0 Å². The maximum absolute atomic E-state index is 9.80. The molecule has 0 bridgehead atoms. The Bertz CT molecular complexity index is 613. The largest absolute Gasteiger partial charge is 0.503 e. The average molecular weight is 291 g/mol. The number of aromatic hydroxyl groups is 1. The molecule has 1 aliphatic rings. The summed E-state index contributed by atoms with van der Waals surface area (Å²) in [6.07, 6.45) is 4.87. The molecular formula is C15H15ClN2O2. The van der Waals surface area contributed by atoms with Gasteiger partial charge in [-0.2, -0.15) is 0 Å². The first kappa shape index (κ1) is 13.2. The van der Waals surface area contributed by atoms with E-state index in [4.69, 9.17) is 16.3 Å². The van der Waals surface area contributed by atoms with Crippen molar-refractivity contribution >= 4 is 11.6 Å². The smallest absolute Gasteiger partial charge is 0.281 e. The van der Waals surface area contributed by atoms with Crippen molar-refractivity contribution in [2.45, 2.75) is 31.6 Å². The molecule has 0 amide bonds. The predicted octanol–water partition coefficient (Wildman–Crippen LogP) is 4.29.